The fraction of sp³-hybridized carbons (Fsp3) is 0.0667. The molecule has 0 aliphatic heterocycles. The van der Waals surface area contributed by atoms with E-state index in [9.17, 15) is 4.39 Å². The number of halogens is 2. The van der Waals surface area contributed by atoms with E-state index in [-0.39, 0.29) is 18.2 Å². The van der Waals surface area contributed by atoms with Gasteiger partial charge in [-0.15, -0.1) is 0 Å². The first-order chi connectivity index (χ1) is 8.75. The second-order valence-corrected chi connectivity index (χ2v) is 4.45. The molecule has 0 amide bonds. The minimum Gasteiger partial charge on any atom is -0.478 e. The monoisotopic (exact) mass is 304 g/mol. The summed E-state index contributed by atoms with van der Waals surface area (Å²) in [5.74, 6) is 5.59. The predicted octanol–water partition coefficient (Wildman–Crippen LogP) is 4.02. The van der Waals surface area contributed by atoms with Crippen molar-refractivity contribution in [3.05, 3.63) is 64.4 Å². The standard InChI is InChI=1S/C15H10BrFO/c16-13-8-9-14(17)15(11-13)18-10-4-7-12-5-2-1-3-6-12/h1-3,5-6,8-9,11H,10H2. The third-order valence-electron chi connectivity index (χ3n) is 2.20. The summed E-state index contributed by atoms with van der Waals surface area (Å²) in [4.78, 5) is 0. The lowest BCUT2D eigenvalue weighted by Crippen LogP contribution is -1.96. The molecule has 0 spiro atoms. The highest BCUT2D eigenvalue weighted by molar-refractivity contribution is 9.10. The molecule has 0 unspecified atom stereocenters. The summed E-state index contributed by atoms with van der Waals surface area (Å²) in [7, 11) is 0. The molecule has 2 rings (SSSR count). The van der Waals surface area contributed by atoms with Gasteiger partial charge in [-0.25, -0.2) is 4.39 Å². The van der Waals surface area contributed by atoms with Crippen LogP contribution in [0.4, 0.5) is 4.39 Å². The van der Waals surface area contributed by atoms with Crippen molar-refractivity contribution in [2.45, 2.75) is 0 Å². The van der Waals surface area contributed by atoms with Crippen LogP contribution in [0.15, 0.2) is 53.0 Å². The number of hydrogen-bond donors (Lipinski definition) is 0. The molecule has 0 fully saturated rings. The first-order valence-electron chi connectivity index (χ1n) is 5.37. The molecule has 2 aromatic carbocycles. The van der Waals surface area contributed by atoms with Gasteiger partial charge < -0.3 is 4.74 Å². The van der Waals surface area contributed by atoms with E-state index in [0.717, 1.165) is 10.0 Å². The lowest BCUT2D eigenvalue weighted by atomic mass is 10.2. The van der Waals surface area contributed by atoms with Gasteiger partial charge in [-0.3, -0.25) is 0 Å². The maximum Gasteiger partial charge on any atom is 0.165 e. The Morgan fingerprint density at radius 3 is 2.67 bits per heavy atom. The average molecular weight is 305 g/mol. The second kappa shape index (κ2) is 6.23. The Balaban J connectivity index is 1.97. The van der Waals surface area contributed by atoms with Crippen LogP contribution in [0.5, 0.6) is 5.75 Å². The quantitative estimate of drug-likeness (QED) is 0.762. The summed E-state index contributed by atoms with van der Waals surface area (Å²) >= 11 is 3.26. The third kappa shape index (κ3) is 3.61. The molecule has 0 aliphatic rings. The van der Waals surface area contributed by atoms with E-state index in [1.165, 1.54) is 6.07 Å². The summed E-state index contributed by atoms with van der Waals surface area (Å²) in [5.41, 5.74) is 0.913. The van der Waals surface area contributed by atoms with Crippen molar-refractivity contribution in [2.75, 3.05) is 6.61 Å². The van der Waals surface area contributed by atoms with Crippen LogP contribution in [0.1, 0.15) is 5.56 Å². The van der Waals surface area contributed by atoms with E-state index < -0.39 is 0 Å². The molecule has 0 heterocycles. The van der Waals surface area contributed by atoms with Crippen molar-refractivity contribution < 1.29 is 9.13 Å². The maximum atomic E-state index is 13.3. The highest BCUT2D eigenvalue weighted by atomic mass is 79.9. The predicted molar refractivity (Wildman–Crippen MR) is 72.9 cm³/mol. The van der Waals surface area contributed by atoms with Gasteiger partial charge in [0.1, 0.15) is 6.61 Å². The van der Waals surface area contributed by atoms with Crippen LogP contribution in [0.25, 0.3) is 0 Å². The normalized spacial score (nSPS) is 9.44. The molecule has 0 radical (unpaired) electrons. The molecule has 0 aliphatic carbocycles. The van der Waals surface area contributed by atoms with Gasteiger partial charge in [-0.2, -0.15) is 0 Å². The molecule has 0 atom stereocenters. The molecule has 0 saturated heterocycles. The van der Waals surface area contributed by atoms with Crippen LogP contribution in [0, 0.1) is 17.7 Å². The molecule has 0 bridgehead atoms. The van der Waals surface area contributed by atoms with E-state index >= 15 is 0 Å². The molecule has 18 heavy (non-hydrogen) atoms. The summed E-state index contributed by atoms with van der Waals surface area (Å²) in [6.07, 6.45) is 0. The van der Waals surface area contributed by atoms with Crippen LogP contribution in [-0.2, 0) is 0 Å². The highest BCUT2D eigenvalue weighted by Crippen LogP contribution is 2.21. The summed E-state index contributed by atoms with van der Waals surface area (Å²) in [6, 6.07) is 14.1. The van der Waals surface area contributed by atoms with Crippen molar-refractivity contribution >= 4 is 15.9 Å². The zero-order valence-corrected chi connectivity index (χ0v) is 11.1. The second-order valence-electron chi connectivity index (χ2n) is 3.53. The van der Waals surface area contributed by atoms with Crippen molar-refractivity contribution in [1.82, 2.24) is 0 Å². The summed E-state index contributed by atoms with van der Waals surface area (Å²) < 4.78 is 19.4. The molecular weight excluding hydrogens is 295 g/mol. The smallest absolute Gasteiger partial charge is 0.165 e. The van der Waals surface area contributed by atoms with Crippen molar-refractivity contribution in [1.29, 1.82) is 0 Å². The maximum absolute atomic E-state index is 13.3. The Morgan fingerprint density at radius 1 is 1.11 bits per heavy atom. The van der Waals surface area contributed by atoms with Crippen LogP contribution >= 0.6 is 15.9 Å². The first kappa shape index (κ1) is 12.7. The highest BCUT2D eigenvalue weighted by Gasteiger charge is 2.02. The zero-order valence-electron chi connectivity index (χ0n) is 9.49. The minimum atomic E-state index is -0.389. The molecule has 1 nitrogen and oxygen atoms in total. The number of benzene rings is 2. The van der Waals surface area contributed by atoms with Gasteiger partial charge >= 0.3 is 0 Å². The van der Waals surface area contributed by atoms with Crippen molar-refractivity contribution in [3.63, 3.8) is 0 Å². The molecule has 3 heteroatoms. The van der Waals surface area contributed by atoms with Gasteiger partial charge in [-0.1, -0.05) is 46.0 Å². The lowest BCUT2D eigenvalue weighted by molar-refractivity contribution is 0.348. The number of ether oxygens (including phenoxy) is 1. The van der Waals surface area contributed by atoms with Crippen LogP contribution < -0.4 is 4.74 Å². The summed E-state index contributed by atoms with van der Waals surface area (Å²) in [5, 5.41) is 0. The molecular formula is C15H10BrFO. The van der Waals surface area contributed by atoms with E-state index in [1.54, 1.807) is 12.1 Å². The number of hydrogen-bond acceptors (Lipinski definition) is 1. The Bertz CT molecular complexity index is 584. The van der Waals surface area contributed by atoms with Crippen LogP contribution in [0.2, 0.25) is 0 Å². The van der Waals surface area contributed by atoms with Gasteiger partial charge in [-0.05, 0) is 30.3 Å². The van der Waals surface area contributed by atoms with Gasteiger partial charge in [0.2, 0.25) is 0 Å². The van der Waals surface area contributed by atoms with Crippen molar-refractivity contribution in [3.8, 4) is 17.6 Å². The van der Waals surface area contributed by atoms with E-state index in [4.69, 9.17) is 4.74 Å². The lowest BCUT2D eigenvalue weighted by Gasteiger charge is -2.03. The molecule has 0 saturated carbocycles. The molecule has 2 aromatic rings. The minimum absolute atomic E-state index is 0.155. The van der Waals surface area contributed by atoms with E-state index in [2.05, 4.69) is 27.8 Å². The largest absolute Gasteiger partial charge is 0.478 e. The van der Waals surface area contributed by atoms with Gasteiger partial charge in [0, 0.05) is 10.0 Å². The van der Waals surface area contributed by atoms with Gasteiger partial charge in [0.05, 0.1) is 0 Å². The summed E-state index contributed by atoms with van der Waals surface area (Å²) in [6.45, 7) is 0.155. The fourth-order valence-corrected chi connectivity index (χ4v) is 1.70. The van der Waals surface area contributed by atoms with E-state index in [0.29, 0.717) is 0 Å². The van der Waals surface area contributed by atoms with Crippen LogP contribution in [0.3, 0.4) is 0 Å². The molecule has 90 valence electrons. The van der Waals surface area contributed by atoms with Crippen molar-refractivity contribution in [2.24, 2.45) is 0 Å². The Kier molecular flexibility index (Phi) is 4.38. The topological polar surface area (TPSA) is 9.23 Å². The Hall–Kier alpha value is -1.79. The SMILES string of the molecule is Fc1ccc(Br)cc1OCC#Cc1ccccc1. The van der Waals surface area contributed by atoms with Gasteiger partial charge in [0.25, 0.3) is 0 Å². The van der Waals surface area contributed by atoms with E-state index in [1.807, 2.05) is 30.3 Å². The fourth-order valence-electron chi connectivity index (χ4n) is 1.36. The zero-order chi connectivity index (χ0) is 12.8. The average Bonchev–Trinajstić information content (AvgIpc) is 2.40. The number of rotatable bonds is 2. The third-order valence-corrected chi connectivity index (χ3v) is 2.69. The Morgan fingerprint density at radius 2 is 1.89 bits per heavy atom. The molecule has 0 N–H and O–H groups in total. The Labute approximate surface area is 114 Å². The van der Waals surface area contributed by atoms with Crippen LogP contribution in [-0.4, -0.2) is 6.61 Å². The molecule has 0 aromatic heterocycles. The first-order valence-corrected chi connectivity index (χ1v) is 6.17. The van der Waals surface area contributed by atoms with Gasteiger partial charge in [0.15, 0.2) is 11.6 Å².